The summed E-state index contributed by atoms with van der Waals surface area (Å²) in [5, 5.41) is 4.16. The van der Waals surface area contributed by atoms with Gasteiger partial charge in [-0.15, -0.1) is 0 Å². The van der Waals surface area contributed by atoms with Gasteiger partial charge in [-0.05, 0) is 63.1 Å². The first-order valence-corrected chi connectivity index (χ1v) is 9.12. The summed E-state index contributed by atoms with van der Waals surface area (Å²) in [6, 6.07) is 5.58. The summed E-state index contributed by atoms with van der Waals surface area (Å²) in [6.07, 6.45) is 3.42. The molecule has 3 N–H and O–H groups in total. The molecule has 2 bridgehead atoms. The van der Waals surface area contributed by atoms with E-state index in [1.165, 1.54) is 6.42 Å². The molecule has 2 aromatic rings. The number of aryl methyl sites for hydroxylation is 1. The molecule has 1 heterocycles. The van der Waals surface area contributed by atoms with E-state index in [-0.39, 0.29) is 23.9 Å². The Kier molecular flexibility index (Phi) is 3.99. The van der Waals surface area contributed by atoms with Gasteiger partial charge in [-0.25, -0.2) is 0 Å². The molecule has 5 heteroatoms. The second-order valence-corrected chi connectivity index (χ2v) is 7.62. The average Bonchev–Trinajstić information content (AvgIpc) is 3.28. The average molecular weight is 342 g/mol. The highest BCUT2D eigenvalue weighted by molar-refractivity contribution is 5.84. The van der Waals surface area contributed by atoms with E-state index in [0.717, 1.165) is 40.9 Å². The van der Waals surface area contributed by atoms with Crippen LogP contribution in [-0.4, -0.2) is 19.1 Å². The zero-order valence-corrected chi connectivity index (χ0v) is 15.0. The molecule has 0 radical (unpaired) electrons. The van der Waals surface area contributed by atoms with Crippen LogP contribution in [0.5, 0.6) is 5.75 Å². The third kappa shape index (κ3) is 2.61. The number of furan rings is 1. The van der Waals surface area contributed by atoms with Gasteiger partial charge in [-0.3, -0.25) is 4.79 Å². The fourth-order valence-electron chi connectivity index (χ4n) is 4.86. The molecule has 0 aliphatic heterocycles. The molecule has 0 saturated heterocycles. The van der Waals surface area contributed by atoms with Crippen LogP contribution in [0, 0.1) is 24.7 Å². The van der Waals surface area contributed by atoms with Crippen LogP contribution in [-0.2, 0) is 4.79 Å². The summed E-state index contributed by atoms with van der Waals surface area (Å²) in [5.74, 6) is 2.60. The predicted octanol–water partition coefficient (Wildman–Crippen LogP) is 3.30. The van der Waals surface area contributed by atoms with Crippen molar-refractivity contribution in [1.82, 2.24) is 5.32 Å². The maximum absolute atomic E-state index is 12.8. The van der Waals surface area contributed by atoms with E-state index < -0.39 is 0 Å². The fourth-order valence-corrected chi connectivity index (χ4v) is 4.86. The number of benzene rings is 1. The minimum Gasteiger partial charge on any atom is -0.497 e. The second-order valence-electron chi connectivity index (χ2n) is 7.62. The molecule has 2 aliphatic carbocycles. The van der Waals surface area contributed by atoms with Crippen LogP contribution in [0.3, 0.4) is 0 Å². The summed E-state index contributed by atoms with van der Waals surface area (Å²) in [5.41, 5.74) is 8.16. The number of amides is 1. The van der Waals surface area contributed by atoms with Crippen LogP contribution in [0.25, 0.3) is 11.0 Å². The van der Waals surface area contributed by atoms with Crippen LogP contribution in [0.15, 0.2) is 22.6 Å². The number of nitrogens with two attached hydrogens (primary N) is 1. The summed E-state index contributed by atoms with van der Waals surface area (Å²) in [7, 11) is 1.65. The minimum atomic E-state index is -0.183. The Labute approximate surface area is 147 Å². The van der Waals surface area contributed by atoms with Gasteiger partial charge >= 0.3 is 0 Å². The van der Waals surface area contributed by atoms with Gasteiger partial charge in [0.1, 0.15) is 17.1 Å². The third-order valence-electron chi connectivity index (χ3n) is 6.22. The zero-order chi connectivity index (χ0) is 17.7. The van der Waals surface area contributed by atoms with Gasteiger partial charge in [0.05, 0.1) is 19.1 Å². The first-order valence-electron chi connectivity index (χ1n) is 9.12. The number of carbonyl (C=O) groups is 1. The molecule has 1 aromatic carbocycles. The Morgan fingerprint density at radius 2 is 2.12 bits per heavy atom. The lowest BCUT2D eigenvalue weighted by Crippen LogP contribution is -2.45. The molecule has 0 spiro atoms. The van der Waals surface area contributed by atoms with E-state index in [9.17, 15) is 4.79 Å². The number of fused-ring (bicyclic) bond motifs is 3. The van der Waals surface area contributed by atoms with E-state index in [2.05, 4.69) is 5.32 Å². The van der Waals surface area contributed by atoms with Gasteiger partial charge in [0.2, 0.25) is 5.91 Å². The SMILES string of the molecule is COc1ccc2oc(C(C)NC(=O)C3C4CCC(C4)C3N)c(C)c2c1. The van der Waals surface area contributed by atoms with Gasteiger partial charge in [0, 0.05) is 17.0 Å². The quantitative estimate of drug-likeness (QED) is 0.894. The molecule has 2 saturated carbocycles. The van der Waals surface area contributed by atoms with Crippen LogP contribution in [0.4, 0.5) is 0 Å². The summed E-state index contributed by atoms with van der Waals surface area (Å²) < 4.78 is 11.3. The van der Waals surface area contributed by atoms with Crippen molar-refractivity contribution in [2.45, 2.75) is 45.2 Å². The van der Waals surface area contributed by atoms with Crippen molar-refractivity contribution >= 4 is 16.9 Å². The molecule has 1 amide bonds. The van der Waals surface area contributed by atoms with Crippen LogP contribution < -0.4 is 15.8 Å². The van der Waals surface area contributed by atoms with Crippen LogP contribution >= 0.6 is 0 Å². The number of methoxy groups -OCH3 is 1. The standard InChI is InChI=1S/C20H26N2O3/c1-10-15-9-14(24-3)6-7-16(15)25-19(10)11(2)22-20(23)17-12-4-5-13(8-12)18(17)21/h6-7,9,11-13,17-18H,4-5,8,21H2,1-3H3,(H,22,23). The second kappa shape index (κ2) is 6.06. The normalized spacial score (nSPS) is 29.1. The Bertz CT molecular complexity index is 811. The minimum absolute atomic E-state index is 0.00646. The Morgan fingerprint density at radius 3 is 2.80 bits per heavy atom. The van der Waals surface area contributed by atoms with E-state index in [0.29, 0.717) is 11.8 Å². The number of rotatable bonds is 4. The number of hydrogen-bond acceptors (Lipinski definition) is 4. The smallest absolute Gasteiger partial charge is 0.225 e. The molecule has 2 fully saturated rings. The number of ether oxygens (including phenoxy) is 1. The Balaban J connectivity index is 1.55. The van der Waals surface area contributed by atoms with Crippen molar-refractivity contribution in [3.8, 4) is 5.75 Å². The highest BCUT2D eigenvalue weighted by atomic mass is 16.5. The molecule has 5 unspecified atom stereocenters. The number of hydrogen-bond donors (Lipinski definition) is 2. The van der Waals surface area contributed by atoms with Crippen molar-refractivity contribution in [3.05, 3.63) is 29.5 Å². The molecule has 4 rings (SSSR count). The lowest BCUT2D eigenvalue weighted by molar-refractivity contribution is -0.127. The molecule has 25 heavy (non-hydrogen) atoms. The highest BCUT2D eigenvalue weighted by Crippen LogP contribution is 2.47. The molecular weight excluding hydrogens is 316 g/mol. The monoisotopic (exact) mass is 342 g/mol. The third-order valence-corrected chi connectivity index (χ3v) is 6.22. The van der Waals surface area contributed by atoms with E-state index >= 15 is 0 Å². The molecular formula is C20H26N2O3. The van der Waals surface area contributed by atoms with Crippen molar-refractivity contribution < 1.29 is 13.9 Å². The lowest BCUT2D eigenvalue weighted by Gasteiger charge is -2.28. The van der Waals surface area contributed by atoms with E-state index in [1.54, 1.807) is 7.11 Å². The van der Waals surface area contributed by atoms with Crippen molar-refractivity contribution in [2.75, 3.05) is 7.11 Å². The van der Waals surface area contributed by atoms with Gasteiger partial charge in [-0.1, -0.05) is 0 Å². The summed E-state index contributed by atoms with van der Waals surface area (Å²) in [4.78, 5) is 12.8. The van der Waals surface area contributed by atoms with Crippen LogP contribution in [0.1, 0.15) is 43.6 Å². The first-order chi connectivity index (χ1) is 12.0. The fraction of sp³-hybridized carbons (Fsp3) is 0.550. The van der Waals surface area contributed by atoms with Crippen LogP contribution in [0.2, 0.25) is 0 Å². The van der Waals surface area contributed by atoms with Gasteiger partial charge < -0.3 is 20.2 Å². The Hall–Kier alpha value is -2.01. The largest absolute Gasteiger partial charge is 0.497 e. The van der Waals surface area contributed by atoms with Gasteiger partial charge in [0.25, 0.3) is 0 Å². The molecule has 5 nitrogen and oxygen atoms in total. The first kappa shape index (κ1) is 16.5. The number of nitrogens with one attached hydrogen (secondary N) is 1. The predicted molar refractivity (Wildman–Crippen MR) is 96.4 cm³/mol. The maximum Gasteiger partial charge on any atom is 0.225 e. The summed E-state index contributed by atoms with van der Waals surface area (Å²) >= 11 is 0. The van der Waals surface area contributed by atoms with E-state index in [1.807, 2.05) is 32.0 Å². The van der Waals surface area contributed by atoms with Crippen molar-refractivity contribution in [2.24, 2.45) is 23.5 Å². The maximum atomic E-state index is 12.8. The van der Waals surface area contributed by atoms with E-state index in [4.69, 9.17) is 14.9 Å². The number of carbonyl (C=O) groups excluding carboxylic acids is 1. The molecule has 134 valence electrons. The molecule has 5 atom stereocenters. The van der Waals surface area contributed by atoms with Gasteiger partial charge in [0.15, 0.2) is 0 Å². The Morgan fingerprint density at radius 1 is 1.36 bits per heavy atom. The van der Waals surface area contributed by atoms with Gasteiger partial charge in [-0.2, -0.15) is 0 Å². The molecule has 1 aromatic heterocycles. The topological polar surface area (TPSA) is 77.5 Å². The highest BCUT2D eigenvalue weighted by Gasteiger charge is 2.49. The summed E-state index contributed by atoms with van der Waals surface area (Å²) in [6.45, 7) is 3.99. The van der Waals surface area contributed by atoms with Crippen molar-refractivity contribution in [1.29, 1.82) is 0 Å². The lowest BCUT2D eigenvalue weighted by atomic mass is 9.84. The zero-order valence-electron chi connectivity index (χ0n) is 15.0. The van der Waals surface area contributed by atoms with Crippen molar-refractivity contribution in [3.63, 3.8) is 0 Å². The molecule has 2 aliphatic rings.